The normalized spacial score (nSPS) is 12.7. The highest BCUT2D eigenvalue weighted by Crippen LogP contribution is 2.18. The van der Waals surface area contributed by atoms with Crippen molar-refractivity contribution in [3.63, 3.8) is 0 Å². The Morgan fingerprint density at radius 3 is 1.01 bits per heavy atom. The van der Waals surface area contributed by atoms with E-state index in [1.807, 2.05) is 6.08 Å². The van der Waals surface area contributed by atoms with E-state index in [2.05, 4.69) is 43.5 Å². The first kappa shape index (κ1) is 73.1. The van der Waals surface area contributed by atoms with Gasteiger partial charge in [0.15, 0.2) is 0 Å². The van der Waals surface area contributed by atoms with Crippen LogP contribution < -0.4 is 5.32 Å². The van der Waals surface area contributed by atoms with E-state index in [0.717, 1.165) is 44.9 Å². The number of hydrogen-bond acceptors (Lipinski definition) is 5. The minimum Gasteiger partial charge on any atom is -0.466 e. The predicted molar refractivity (Wildman–Crippen MR) is 329 cm³/mol. The molecule has 6 heteroatoms. The van der Waals surface area contributed by atoms with Crippen LogP contribution in [0.2, 0.25) is 0 Å². The van der Waals surface area contributed by atoms with E-state index >= 15 is 0 Å². The van der Waals surface area contributed by atoms with Gasteiger partial charge in [0, 0.05) is 12.8 Å². The predicted octanol–water partition coefficient (Wildman–Crippen LogP) is 21.5. The molecule has 0 saturated carbocycles. The van der Waals surface area contributed by atoms with Gasteiger partial charge in [0.2, 0.25) is 5.91 Å². The van der Waals surface area contributed by atoms with E-state index in [9.17, 15) is 19.8 Å². The first-order valence-electron chi connectivity index (χ1n) is 33.8. The molecule has 1 amide bonds. The van der Waals surface area contributed by atoms with Crippen molar-refractivity contribution in [1.29, 1.82) is 0 Å². The quantitative estimate of drug-likeness (QED) is 0.0320. The first-order valence-corrected chi connectivity index (χ1v) is 33.8. The summed E-state index contributed by atoms with van der Waals surface area (Å²) in [6, 6.07) is -0.625. The molecular formula is C69H131NO5. The number of ether oxygens (including phenoxy) is 1. The lowest BCUT2D eigenvalue weighted by atomic mass is 10.0. The molecule has 0 bridgehead atoms. The number of aliphatic hydroxyl groups excluding tert-OH is 2. The highest BCUT2D eigenvalue weighted by Gasteiger charge is 2.18. The summed E-state index contributed by atoms with van der Waals surface area (Å²) >= 11 is 0. The Balaban J connectivity index is 3.36. The molecule has 0 rings (SSSR count). The Hall–Kier alpha value is -1.92. The Labute approximate surface area is 468 Å². The smallest absolute Gasteiger partial charge is 0.305 e. The van der Waals surface area contributed by atoms with Gasteiger partial charge >= 0.3 is 5.97 Å². The topological polar surface area (TPSA) is 95.9 Å². The number of rotatable bonds is 63. The maximum Gasteiger partial charge on any atom is 0.305 e. The zero-order valence-corrected chi connectivity index (χ0v) is 50.5. The summed E-state index contributed by atoms with van der Waals surface area (Å²) in [7, 11) is 0. The molecule has 6 nitrogen and oxygen atoms in total. The minimum absolute atomic E-state index is 0.0170. The molecule has 0 aliphatic heterocycles. The monoisotopic (exact) mass is 1050 g/mol. The molecule has 0 spiro atoms. The van der Waals surface area contributed by atoms with Crippen molar-refractivity contribution in [2.75, 3.05) is 13.2 Å². The average molecular weight is 1050 g/mol. The molecule has 2 unspecified atom stereocenters. The van der Waals surface area contributed by atoms with Crippen LogP contribution in [-0.2, 0) is 14.3 Å². The number of carbonyl (C=O) groups is 2. The Bertz CT molecular complexity index is 1210. The van der Waals surface area contributed by atoms with Gasteiger partial charge in [-0.25, -0.2) is 0 Å². The molecule has 0 radical (unpaired) electrons. The van der Waals surface area contributed by atoms with Crippen molar-refractivity contribution in [2.45, 2.75) is 379 Å². The number of nitrogens with one attached hydrogen (secondary N) is 1. The number of allylic oxidation sites excluding steroid dienone is 5. The third-order valence-electron chi connectivity index (χ3n) is 15.7. The van der Waals surface area contributed by atoms with Crippen molar-refractivity contribution in [3.8, 4) is 0 Å². The van der Waals surface area contributed by atoms with Crippen LogP contribution in [0, 0.1) is 0 Å². The molecule has 0 heterocycles. The van der Waals surface area contributed by atoms with Crippen molar-refractivity contribution < 1.29 is 24.5 Å². The summed E-state index contributed by atoms with van der Waals surface area (Å²) in [5.41, 5.74) is 0. The Morgan fingerprint density at radius 2 is 0.667 bits per heavy atom. The first-order chi connectivity index (χ1) is 37.0. The fraction of sp³-hybridized carbons (Fsp3) is 0.884. The number of carbonyl (C=O) groups excluding carboxylic acids is 2. The van der Waals surface area contributed by atoms with Crippen LogP contribution in [0.25, 0.3) is 0 Å². The largest absolute Gasteiger partial charge is 0.466 e. The lowest BCUT2D eigenvalue weighted by molar-refractivity contribution is -0.143. The summed E-state index contributed by atoms with van der Waals surface area (Å²) in [6.45, 7) is 4.90. The van der Waals surface area contributed by atoms with Gasteiger partial charge in [-0.15, -0.1) is 0 Å². The lowest BCUT2D eigenvalue weighted by Crippen LogP contribution is -2.45. The molecule has 0 aromatic rings. The third-order valence-corrected chi connectivity index (χ3v) is 15.7. The summed E-state index contributed by atoms with van der Waals surface area (Å²) in [4.78, 5) is 24.5. The van der Waals surface area contributed by atoms with Gasteiger partial charge in [-0.05, 0) is 64.2 Å². The van der Waals surface area contributed by atoms with Crippen LogP contribution in [0.5, 0.6) is 0 Å². The number of amides is 1. The molecule has 0 aromatic carbocycles. The van der Waals surface area contributed by atoms with Crippen LogP contribution in [0.1, 0.15) is 367 Å². The molecular weight excluding hydrogens is 923 g/mol. The van der Waals surface area contributed by atoms with Crippen LogP contribution in [0.3, 0.4) is 0 Å². The highest BCUT2D eigenvalue weighted by atomic mass is 16.5. The highest BCUT2D eigenvalue weighted by molar-refractivity contribution is 5.76. The average Bonchev–Trinajstić information content (AvgIpc) is 3.41. The summed E-state index contributed by atoms with van der Waals surface area (Å²) in [6.07, 6.45) is 82.3. The van der Waals surface area contributed by atoms with Crippen molar-refractivity contribution in [2.24, 2.45) is 0 Å². The Kier molecular flexibility index (Phi) is 63.0. The number of unbranched alkanes of at least 4 members (excludes halogenated alkanes) is 48. The standard InChI is InChI=1S/C69H131NO5/c1-3-5-7-9-11-13-15-16-36-40-43-47-51-55-59-63-69(74)75-64-60-56-52-48-44-41-38-35-33-31-29-27-25-23-21-19-17-18-20-22-24-26-28-30-32-34-37-39-42-46-50-54-58-62-68(73)70-66(65-71)67(72)61-57-53-49-45-14-12-10-8-6-4-2/h21,23,27,29,57,61,66-67,71-72H,3-20,22,24-26,28,30-56,58-60,62-65H2,1-2H3,(H,70,73)/b23-21-,29-27-,61-57+. The fourth-order valence-corrected chi connectivity index (χ4v) is 10.5. The van der Waals surface area contributed by atoms with E-state index in [1.54, 1.807) is 6.08 Å². The molecule has 0 aliphatic carbocycles. The maximum atomic E-state index is 12.4. The van der Waals surface area contributed by atoms with Gasteiger partial charge in [0.1, 0.15) is 0 Å². The molecule has 3 N–H and O–H groups in total. The summed E-state index contributed by atoms with van der Waals surface area (Å²) < 4.78 is 5.49. The van der Waals surface area contributed by atoms with Crippen LogP contribution in [0.15, 0.2) is 36.5 Å². The number of esters is 1. The van der Waals surface area contributed by atoms with E-state index < -0.39 is 12.1 Å². The number of aliphatic hydroxyl groups is 2. The second kappa shape index (κ2) is 64.6. The van der Waals surface area contributed by atoms with E-state index in [1.165, 1.54) is 295 Å². The zero-order valence-electron chi connectivity index (χ0n) is 50.5. The van der Waals surface area contributed by atoms with Gasteiger partial charge in [-0.3, -0.25) is 9.59 Å². The van der Waals surface area contributed by atoms with Crippen molar-refractivity contribution in [1.82, 2.24) is 5.32 Å². The van der Waals surface area contributed by atoms with Crippen molar-refractivity contribution in [3.05, 3.63) is 36.5 Å². The zero-order chi connectivity index (χ0) is 54.3. The lowest BCUT2D eigenvalue weighted by Gasteiger charge is -2.20. The molecule has 2 atom stereocenters. The van der Waals surface area contributed by atoms with Gasteiger partial charge in [0.25, 0.3) is 0 Å². The minimum atomic E-state index is -0.841. The number of hydrogen-bond donors (Lipinski definition) is 3. The fourth-order valence-electron chi connectivity index (χ4n) is 10.5. The molecule has 442 valence electrons. The maximum absolute atomic E-state index is 12.4. The second-order valence-electron chi connectivity index (χ2n) is 23.2. The van der Waals surface area contributed by atoms with Crippen LogP contribution >= 0.6 is 0 Å². The van der Waals surface area contributed by atoms with Gasteiger partial charge < -0.3 is 20.3 Å². The van der Waals surface area contributed by atoms with Crippen LogP contribution in [-0.4, -0.2) is 47.4 Å². The van der Waals surface area contributed by atoms with E-state index in [4.69, 9.17) is 4.74 Å². The molecule has 0 aromatic heterocycles. The van der Waals surface area contributed by atoms with E-state index in [0.29, 0.717) is 19.4 Å². The SMILES string of the molecule is CCCCCCCCCC/C=C/C(O)C(CO)NC(=O)CCCCCCCCCCCCCCCCCCC/C=C\C/C=C\CCCCCCCCCCCOC(=O)CCCCCCCCCCCCCCCCC. The second-order valence-corrected chi connectivity index (χ2v) is 23.2. The van der Waals surface area contributed by atoms with Gasteiger partial charge in [-0.2, -0.15) is 0 Å². The summed E-state index contributed by atoms with van der Waals surface area (Å²) in [5, 5.41) is 23.0. The Morgan fingerprint density at radius 1 is 0.373 bits per heavy atom. The van der Waals surface area contributed by atoms with Gasteiger partial charge in [-0.1, -0.05) is 326 Å². The third kappa shape index (κ3) is 61.2. The van der Waals surface area contributed by atoms with Crippen molar-refractivity contribution >= 4 is 11.9 Å². The van der Waals surface area contributed by atoms with Crippen LogP contribution in [0.4, 0.5) is 0 Å². The molecule has 0 aliphatic rings. The molecule has 0 saturated heterocycles. The summed E-state index contributed by atoms with van der Waals surface area (Å²) in [5.74, 6) is -0.0501. The van der Waals surface area contributed by atoms with E-state index in [-0.39, 0.29) is 18.5 Å². The molecule has 0 fully saturated rings. The van der Waals surface area contributed by atoms with Gasteiger partial charge in [0.05, 0.1) is 25.4 Å². The molecule has 75 heavy (non-hydrogen) atoms.